The third-order valence-electron chi connectivity index (χ3n) is 6.26. The molecule has 7 nitrogen and oxygen atoms in total. The highest BCUT2D eigenvalue weighted by Gasteiger charge is 2.25. The molecule has 7 heteroatoms. The third kappa shape index (κ3) is 6.70. The summed E-state index contributed by atoms with van der Waals surface area (Å²) >= 11 is 0. The normalized spacial score (nSPS) is 13.8. The number of rotatable bonds is 10. The summed E-state index contributed by atoms with van der Waals surface area (Å²) in [5, 5.41) is 2.90. The summed E-state index contributed by atoms with van der Waals surface area (Å²) in [6, 6.07) is 24.1. The molecule has 1 amide bonds. The number of carbonyl (C=O) groups is 1. The van der Waals surface area contributed by atoms with E-state index in [-0.39, 0.29) is 6.61 Å². The number of nitrogens with one attached hydrogen (secondary N) is 1. The average Bonchev–Trinajstić information content (AvgIpc) is 2.92. The number of amides is 1. The van der Waals surface area contributed by atoms with Crippen molar-refractivity contribution >= 4 is 11.8 Å². The van der Waals surface area contributed by atoms with E-state index in [4.69, 9.17) is 14.2 Å². The number of ether oxygens (including phenoxy) is 3. The number of benzene rings is 3. The molecule has 3 aromatic rings. The number of nitrogens with zero attached hydrogens (tertiary/aromatic N) is 2. The summed E-state index contributed by atoms with van der Waals surface area (Å²) in [6.07, 6.45) is -0.453. The van der Waals surface area contributed by atoms with Gasteiger partial charge in [-0.15, -0.1) is 0 Å². The summed E-state index contributed by atoms with van der Waals surface area (Å²) in [7, 11) is 1.65. The molecule has 0 saturated carbocycles. The maximum Gasteiger partial charge on any atom is 0.407 e. The fourth-order valence-corrected chi connectivity index (χ4v) is 4.44. The molecule has 190 valence electrons. The Morgan fingerprint density at radius 2 is 1.56 bits per heavy atom. The van der Waals surface area contributed by atoms with Gasteiger partial charge in [0.2, 0.25) is 0 Å². The number of alkyl carbamates (subject to hydrolysis) is 1. The molecule has 36 heavy (non-hydrogen) atoms. The minimum Gasteiger partial charge on any atom is -0.493 e. The Morgan fingerprint density at radius 3 is 2.19 bits per heavy atom. The summed E-state index contributed by atoms with van der Waals surface area (Å²) in [5.41, 5.74) is 4.21. The molecule has 0 atom stereocenters. The van der Waals surface area contributed by atoms with E-state index in [0.29, 0.717) is 24.7 Å². The minimum absolute atomic E-state index is 0.232. The first kappa shape index (κ1) is 25.4. The van der Waals surface area contributed by atoms with Crippen molar-refractivity contribution in [2.75, 3.05) is 44.8 Å². The first-order chi connectivity index (χ1) is 17.7. The molecule has 3 aromatic carbocycles. The van der Waals surface area contributed by atoms with Gasteiger partial charge >= 0.3 is 6.09 Å². The van der Waals surface area contributed by atoms with Gasteiger partial charge in [-0.3, -0.25) is 4.90 Å². The number of methoxy groups -OCH3 is 1. The van der Waals surface area contributed by atoms with E-state index in [0.717, 1.165) is 49.5 Å². The number of hydrogen-bond acceptors (Lipinski definition) is 6. The van der Waals surface area contributed by atoms with Crippen LogP contribution >= 0.6 is 0 Å². The number of carbonyl (C=O) groups excluding carboxylic acids is 1. The molecule has 0 spiro atoms. The van der Waals surface area contributed by atoms with Crippen molar-refractivity contribution in [1.82, 2.24) is 10.2 Å². The van der Waals surface area contributed by atoms with Crippen LogP contribution in [0.15, 0.2) is 72.8 Å². The lowest BCUT2D eigenvalue weighted by molar-refractivity contribution is 0.139. The molecule has 0 unspecified atom stereocenters. The lowest BCUT2D eigenvalue weighted by atomic mass is 10.1. The lowest BCUT2D eigenvalue weighted by Crippen LogP contribution is -2.46. The van der Waals surface area contributed by atoms with E-state index >= 15 is 0 Å². The molecule has 0 bridgehead atoms. The summed E-state index contributed by atoms with van der Waals surface area (Å²) in [5.74, 6) is 1.41. The van der Waals surface area contributed by atoms with Gasteiger partial charge in [-0.25, -0.2) is 4.79 Å². The van der Waals surface area contributed by atoms with Crippen molar-refractivity contribution in [1.29, 1.82) is 0 Å². The van der Waals surface area contributed by atoms with E-state index < -0.39 is 6.09 Å². The molecular formula is C29H35N3O4. The van der Waals surface area contributed by atoms with Crippen LogP contribution in [-0.4, -0.2) is 50.9 Å². The largest absolute Gasteiger partial charge is 0.493 e. The van der Waals surface area contributed by atoms with Gasteiger partial charge in [0.05, 0.1) is 19.4 Å². The Kier molecular flexibility index (Phi) is 9.05. The Bertz CT molecular complexity index is 1100. The van der Waals surface area contributed by atoms with Crippen molar-refractivity contribution in [3.05, 3.63) is 89.5 Å². The Hall–Kier alpha value is -3.71. The predicted molar refractivity (Wildman–Crippen MR) is 142 cm³/mol. The van der Waals surface area contributed by atoms with Gasteiger partial charge in [-0.05, 0) is 29.7 Å². The zero-order valence-corrected chi connectivity index (χ0v) is 21.1. The Balaban J connectivity index is 1.44. The fourth-order valence-electron chi connectivity index (χ4n) is 4.44. The molecule has 0 aliphatic carbocycles. The van der Waals surface area contributed by atoms with E-state index in [1.165, 1.54) is 5.56 Å². The number of piperazine rings is 1. The predicted octanol–water partition coefficient (Wildman–Crippen LogP) is 4.84. The van der Waals surface area contributed by atoms with E-state index in [1.54, 1.807) is 7.11 Å². The van der Waals surface area contributed by atoms with Gasteiger partial charge < -0.3 is 24.4 Å². The topological polar surface area (TPSA) is 63.3 Å². The van der Waals surface area contributed by atoms with Crippen LogP contribution in [0, 0.1) is 0 Å². The number of anilines is 1. The van der Waals surface area contributed by atoms with Crippen molar-refractivity contribution < 1.29 is 19.0 Å². The Labute approximate surface area is 213 Å². The standard InChI is InChI=1S/C29H35N3O4/c1-3-35-28-26(34-2)15-14-25(20-30-29(33)36-22-24-12-8-5-9-13-24)27(28)32-18-16-31(17-19-32)21-23-10-6-4-7-11-23/h4-15H,3,16-22H2,1-2H3,(H,30,33). The van der Waals surface area contributed by atoms with Crippen molar-refractivity contribution in [2.24, 2.45) is 0 Å². The highest BCUT2D eigenvalue weighted by Crippen LogP contribution is 2.41. The van der Waals surface area contributed by atoms with Gasteiger partial charge in [0, 0.05) is 39.3 Å². The molecule has 1 saturated heterocycles. The monoisotopic (exact) mass is 489 g/mol. The first-order valence-corrected chi connectivity index (χ1v) is 12.5. The quantitative estimate of drug-likeness (QED) is 0.440. The van der Waals surface area contributed by atoms with Crippen LogP contribution < -0.4 is 19.7 Å². The second kappa shape index (κ2) is 12.8. The molecule has 1 heterocycles. The van der Waals surface area contributed by atoms with Crippen LogP contribution in [0.4, 0.5) is 10.5 Å². The van der Waals surface area contributed by atoms with Crippen LogP contribution in [0.25, 0.3) is 0 Å². The van der Waals surface area contributed by atoms with Gasteiger partial charge in [-0.1, -0.05) is 66.7 Å². The first-order valence-electron chi connectivity index (χ1n) is 12.5. The van der Waals surface area contributed by atoms with Gasteiger partial charge in [0.25, 0.3) is 0 Å². The fraction of sp³-hybridized carbons (Fsp3) is 0.345. The smallest absolute Gasteiger partial charge is 0.407 e. The molecule has 0 aromatic heterocycles. The van der Waals surface area contributed by atoms with E-state index in [1.807, 2.05) is 55.5 Å². The van der Waals surface area contributed by atoms with E-state index in [9.17, 15) is 4.79 Å². The summed E-state index contributed by atoms with van der Waals surface area (Å²) < 4.78 is 17.1. The summed E-state index contributed by atoms with van der Waals surface area (Å²) in [4.78, 5) is 17.2. The molecular weight excluding hydrogens is 454 g/mol. The Morgan fingerprint density at radius 1 is 0.889 bits per heavy atom. The molecule has 0 radical (unpaired) electrons. The summed E-state index contributed by atoms with van der Waals surface area (Å²) in [6.45, 7) is 7.56. The van der Waals surface area contributed by atoms with Crippen molar-refractivity contribution in [3.63, 3.8) is 0 Å². The van der Waals surface area contributed by atoms with Crippen molar-refractivity contribution in [2.45, 2.75) is 26.6 Å². The van der Waals surface area contributed by atoms with Crippen LogP contribution in [0.1, 0.15) is 23.6 Å². The zero-order valence-electron chi connectivity index (χ0n) is 21.1. The molecule has 1 fully saturated rings. The van der Waals surface area contributed by atoms with Crippen LogP contribution in [0.3, 0.4) is 0 Å². The molecule has 4 rings (SSSR count). The van der Waals surface area contributed by atoms with Crippen LogP contribution in [0.2, 0.25) is 0 Å². The van der Waals surface area contributed by atoms with Crippen molar-refractivity contribution in [3.8, 4) is 11.5 Å². The lowest BCUT2D eigenvalue weighted by Gasteiger charge is -2.38. The molecule has 1 N–H and O–H groups in total. The van der Waals surface area contributed by atoms with Crippen LogP contribution in [-0.2, 0) is 24.4 Å². The SMILES string of the molecule is CCOc1c(OC)ccc(CNC(=O)OCc2ccccc2)c1N1CCN(Cc2ccccc2)CC1. The van der Waals surface area contributed by atoms with E-state index in [2.05, 4.69) is 39.4 Å². The second-order valence-corrected chi connectivity index (χ2v) is 8.70. The third-order valence-corrected chi connectivity index (χ3v) is 6.26. The maximum absolute atomic E-state index is 12.4. The van der Waals surface area contributed by atoms with Gasteiger partial charge in [0.15, 0.2) is 11.5 Å². The maximum atomic E-state index is 12.4. The molecule has 1 aliphatic rings. The zero-order chi connectivity index (χ0) is 25.2. The van der Waals surface area contributed by atoms with Gasteiger partial charge in [0.1, 0.15) is 6.61 Å². The molecule has 1 aliphatic heterocycles. The second-order valence-electron chi connectivity index (χ2n) is 8.70. The minimum atomic E-state index is -0.453. The van der Waals surface area contributed by atoms with Gasteiger partial charge in [-0.2, -0.15) is 0 Å². The van der Waals surface area contributed by atoms with Crippen LogP contribution in [0.5, 0.6) is 11.5 Å². The number of hydrogen-bond donors (Lipinski definition) is 1. The highest BCUT2D eigenvalue weighted by atomic mass is 16.5. The average molecular weight is 490 g/mol. The highest BCUT2D eigenvalue weighted by molar-refractivity contribution is 5.72.